The van der Waals surface area contributed by atoms with Gasteiger partial charge in [-0.15, -0.1) is 0 Å². The highest BCUT2D eigenvalue weighted by Crippen LogP contribution is 2.35. The fourth-order valence-corrected chi connectivity index (χ4v) is 3.76. The smallest absolute Gasteiger partial charge is 0.269 e. The normalized spacial score (nSPS) is 14.5. The van der Waals surface area contributed by atoms with Gasteiger partial charge in [0.25, 0.3) is 11.6 Å². The number of anilines is 1. The lowest BCUT2D eigenvalue weighted by molar-refractivity contribution is -0.384. The monoisotopic (exact) mass is 434 g/mol. The number of nitrogens with zero attached hydrogens (tertiary/aromatic N) is 2. The van der Waals surface area contributed by atoms with E-state index in [1.54, 1.807) is 35.2 Å². The van der Waals surface area contributed by atoms with E-state index in [0.29, 0.717) is 17.1 Å². The van der Waals surface area contributed by atoms with Gasteiger partial charge < -0.3 is 4.42 Å². The van der Waals surface area contributed by atoms with Gasteiger partial charge in [-0.25, -0.2) is 0 Å². The van der Waals surface area contributed by atoms with Gasteiger partial charge in [0.1, 0.15) is 11.5 Å². The van der Waals surface area contributed by atoms with Gasteiger partial charge in [0.05, 0.1) is 10.6 Å². The van der Waals surface area contributed by atoms with Crippen LogP contribution >= 0.6 is 0 Å². The van der Waals surface area contributed by atoms with E-state index in [9.17, 15) is 14.9 Å². The zero-order valence-corrected chi connectivity index (χ0v) is 17.4. The molecule has 0 radical (unpaired) electrons. The number of nitro groups is 1. The molecule has 6 nitrogen and oxygen atoms in total. The van der Waals surface area contributed by atoms with Gasteiger partial charge in [-0.1, -0.05) is 48.5 Å². The molecule has 5 rings (SSSR count). The summed E-state index contributed by atoms with van der Waals surface area (Å²) in [4.78, 5) is 25.5. The highest BCUT2D eigenvalue weighted by Gasteiger charge is 2.30. The van der Waals surface area contributed by atoms with Crippen LogP contribution in [0.1, 0.15) is 11.3 Å². The third-order valence-electron chi connectivity index (χ3n) is 5.35. The van der Waals surface area contributed by atoms with Crippen molar-refractivity contribution in [1.82, 2.24) is 0 Å². The number of benzene rings is 3. The molecule has 1 aromatic heterocycles. The maximum absolute atomic E-state index is 13.4. The Bertz CT molecular complexity index is 1390. The minimum atomic E-state index is -0.442. The average molecular weight is 434 g/mol. The minimum absolute atomic E-state index is 0.0174. The topological polar surface area (TPSA) is 76.6 Å². The van der Waals surface area contributed by atoms with Gasteiger partial charge in [0.15, 0.2) is 0 Å². The van der Waals surface area contributed by atoms with Crippen LogP contribution in [-0.4, -0.2) is 10.8 Å². The Labute approximate surface area is 189 Å². The Balaban J connectivity index is 1.50. The average Bonchev–Trinajstić information content (AvgIpc) is 3.45. The molecule has 0 bridgehead atoms. The summed E-state index contributed by atoms with van der Waals surface area (Å²) in [6.45, 7) is 0. The Kier molecular flexibility index (Phi) is 5.16. The SMILES string of the molecule is O=C1C(=Cc2ccc(-c3ccc([N+](=O)[O-])cc3)o2)C=C(c2ccccc2)N1c1ccccc1. The maximum Gasteiger partial charge on any atom is 0.269 e. The fourth-order valence-electron chi connectivity index (χ4n) is 3.76. The minimum Gasteiger partial charge on any atom is -0.457 e. The highest BCUT2D eigenvalue weighted by atomic mass is 16.6. The van der Waals surface area contributed by atoms with E-state index in [4.69, 9.17) is 4.42 Å². The number of amides is 1. The van der Waals surface area contributed by atoms with Crippen molar-refractivity contribution in [3.8, 4) is 11.3 Å². The van der Waals surface area contributed by atoms with Gasteiger partial charge in [-0.05, 0) is 54.1 Å². The number of nitro benzene ring substituents is 1. The molecule has 0 unspecified atom stereocenters. The van der Waals surface area contributed by atoms with E-state index < -0.39 is 4.92 Å². The molecule has 3 aromatic carbocycles. The van der Waals surface area contributed by atoms with Crippen molar-refractivity contribution in [2.45, 2.75) is 0 Å². The van der Waals surface area contributed by atoms with Crippen LogP contribution in [0.15, 0.2) is 113 Å². The number of hydrogen-bond acceptors (Lipinski definition) is 4. The first-order valence-corrected chi connectivity index (χ1v) is 10.3. The summed E-state index contributed by atoms with van der Waals surface area (Å²) in [5, 5.41) is 10.9. The Morgan fingerprint density at radius 2 is 1.45 bits per heavy atom. The van der Waals surface area contributed by atoms with E-state index in [1.807, 2.05) is 66.7 Å². The molecule has 0 saturated carbocycles. The van der Waals surface area contributed by atoms with Crippen molar-refractivity contribution in [3.63, 3.8) is 0 Å². The van der Waals surface area contributed by atoms with E-state index in [-0.39, 0.29) is 11.6 Å². The molecule has 0 aliphatic carbocycles. The summed E-state index contributed by atoms with van der Waals surface area (Å²) in [7, 11) is 0. The summed E-state index contributed by atoms with van der Waals surface area (Å²) in [5.41, 5.74) is 3.75. The lowest BCUT2D eigenvalue weighted by Gasteiger charge is -2.20. The van der Waals surface area contributed by atoms with Crippen LogP contribution in [0.5, 0.6) is 0 Å². The molecule has 0 N–H and O–H groups in total. The first-order valence-electron chi connectivity index (χ1n) is 10.3. The molecule has 0 spiro atoms. The molecular formula is C27H18N2O4. The number of hydrogen-bond donors (Lipinski definition) is 0. The quantitative estimate of drug-likeness (QED) is 0.209. The molecule has 6 heteroatoms. The van der Waals surface area contributed by atoms with Gasteiger partial charge >= 0.3 is 0 Å². The first kappa shape index (κ1) is 20.2. The molecule has 160 valence electrons. The Hall–Kier alpha value is -4.71. The number of furan rings is 1. The number of non-ortho nitro benzene ring substituents is 1. The van der Waals surface area contributed by atoms with Crippen molar-refractivity contribution in [1.29, 1.82) is 0 Å². The molecule has 0 fully saturated rings. The van der Waals surface area contributed by atoms with Gasteiger partial charge in [0, 0.05) is 29.0 Å². The number of carbonyl (C=O) groups excluding carboxylic acids is 1. The number of rotatable bonds is 5. The molecule has 33 heavy (non-hydrogen) atoms. The predicted octanol–water partition coefficient (Wildman–Crippen LogP) is 6.33. The molecule has 0 atom stereocenters. The summed E-state index contributed by atoms with van der Waals surface area (Å²) < 4.78 is 5.92. The zero-order chi connectivity index (χ0) is 22.8. The Morgan fingerprint density at radius 1 is 0.788 bits per heavy atom. The summed E-state index contributed by atoms with van der Waals surface area (Å²) in [6.07, 6.45) is 3.57. The van der Waals surface area contributed by atoms with E-state index in [1.165, 1.54) is 12.1 Å². The molecule has 1 aliphatic rings. The summed E-state index contributed by atoms with van der Waals surface area (Å²) in [6, 6.07) is 29.0. The molecule has 4 aromatic rings. The van der Waals surface area contributed by atoms with Crippen molar-refractivity contribution in [2.24, 2.45) is 0 Å². The van der Waals surface area contributed by atoms with Gasteiger partial charge in [-0.3, -0.25) is 19.8 Å². The summed E-state index contributed by atoms with van der Waals surface area (Å²) in [5.74, 6) is 0.938. The van der Waals surface area contributed by atoms with Crippen molar-refractivity contribution in [2.75, 3.05) is 4.90 Å². The van der Waals surface area contributed by atoms with E-state index >= 15 is 0 Å². The van der Waals surface area contributed by atoms with Crippen LogP contribution < -0.4 is 4.90 Å². The van der Waals surface area contributed by atoms with Gasteiger partial charge in [0.2, 0.25) is 0 Å². The number of carbonyl (C=O) groups is 1. The molecule has 1 amide bonds. The molecule has 1 aliphatic heterocycles. The second-order valence-corrected chi connectivity index (χ2v) is 7.48. The molecule has 2 heterocycles. The molecule has 0 saturated heterocycles. The van der Waals surface area contributed by atoms with Crippen LogP contribution in [0.2, 0.25) is 0 Å². The third-order valence-corrected chi connectivity index (χ3v) is 5.35. The van der Waals surface area contributed by atoms with E-state index in [0.717, 1.165) is 22.5 Å². The van der Waals surface area contributed by atoms with Gasteiger partial charge in [-0.2, -0.15) is 0 Å². The van der Waals surface area contributed by atoms with Crippen LogP contribution in [0.3, 0.4) is 0 Å². The standard InChI is InChI=1S/C27H18N2O4/c30-27-21(17-24-15-16-26(33-24)20-11-13-23(14-12-20)29(31)32)18-25(19-7-3-1-4-8-19)28(27)22-9-5-2-6-10-22/h1-18H. The largest absolute Gasteiger partial charge is 0.457 e. The fraction of sp³-hybridized carbons (Fsp3) is 0. The van der Waals surface area contributed by atoms with Crippen molar-refractivity contribution >= 4 is 29.1 Å². The summed E-state index contributed by atoms with van der Waals surface area (Å²) >= 11 is 0. The zero-order valence-electron chi connectivity index (χ0n) is 17.4. The third kappa shape index (κ3) is 3.97. The lowest BCUT2D eigenvalue weighted by atomic mass is 10.1. The Morgan fingerprint density at radius 3 is 2.12 bits per heavy atom. The molecular weight excluding hydrogens is 416 g/mol. The van der Waals surface area contributed by atoms with Crippen molar-refractivity contribution < 1.29 is 14.1 Å². The van der Waals surface area contributed by atoms with Crippen molar-refractivity contribution in [3.05, 3.63) is 130 Å². The second-order valence-electron chi connectivity index (χ2n) is 7.48. The van der Waals surface area contributed by atoms with Crippen LogP contribution in [0, 0.1) is 10.1 Å². The predicted molar refractivity (Wildman–Crippen MR) is 127 cm³/mol. The van der Waals surface area contributed by atoms with Crippen LogP contribution in [0.4, 0.5) is 11.4 Å². The lowest BCUT2D eigenvalue weighted by Crippen LogP contribution is -2.24. The number of para-hydroxylation sites is 1. The first-order chi connectivity index (χ1) is 16.1. The highest BCUT2D eigenvalue weighted by molar-refractivity contribution is 6.23. The van der Waals surface area contributed by atoms with Crippen LogP contribution in [0.25, 0.3) is 23.1 Å². The van der Waals surface area contributed by atoms with E-state index in [2.05, 4.69) is 0 Å². The van der Waals surface area contributed by atoms with Crippen LogP contribution in [-0.2, 0) is 4.79 Å². The second kappa shape index (κ2) is 8.43. The maximum atomic E-state index is 13.4.